The molecule has 1 aromatic rings. The van der Waals surface area contributed by atoms with Crippen molar-refractivity contribution >= 4 is 16.3 Å². The second-order valence-corrected chi connectivity index (χ2v) is 4.42. The van der Waals surface area contributed by atoms with Crippen molar-refractivity contribution < 1.29 is 26.9 Å². The second kappa shape index (κ2) is 6.09. The number of hydrogen-bond acceptors (Lipinski definition) is 6. The van der Waals surface area contributed by atoms with Crippen LogP contribution in [-0.2, 0) is 19.6 Å². The van der Waals surface area contributed by atoms with Gasteiger partial charge in [-0.25, -0.2) is 4.79 Å². The molecular formula is C10H12O6S. The molecule has 94 valence electrons. The van der Waals surface area contributed by atoms with Crippen LogP contribution in [0.3, 0.4) is 0 Å². The topological polar surface area (TPSA) is 78.9 Å². The molecule has 0 saturated heterocycles. The van der Waals surface area contributed by atoms with E-state index in [1.807, 2.05) is 0 Å². The molecule has 0 heterocycles. The number of benzene rings is 1. The van der Waals surface area contributed by atoms with Crippen LogP contribution in [0.4, 0.5) is 4.79 Å². The van der Waals surface area contributed by atoms with Gasteiger partial charge in [-0.05, 0) is 19.1 Å². The Hall–Kier alpha value is -1.76. The van der Waals surface area contributed by atoms with Gasteiger partial charge < -0.3 is 13.7 Å². The van der Waals surface area contributed by atoms with Gasteiger partial charge in [0, 0.05) is 0 Å². The Kier molecular flexibility index (Phi) is 4.77. The van der Waals surface area contributed by atoms with Gasteiger partial charge in [0.1, 0.15) is 5.75 Å². The highest BCUT2D eigenvalue weighted by atomic mass is 32.2. The van der Waals surface area contributed by atoms with Crippen molar-refractivity contribution in [3.05, 3.63) is 30.3 Å². The molecule has 0 N–H and O–H groups in total. The zero-order chi connectivity index (χ0) is 12.7. The van der Waals surface area contributed by atoms with Crippen LogP contribution in [0.1, 0.15) is 6.92 Å². The van der Waals surface area contributed by atoms with Crippen LogP contribution in [-0.4, -0.2) is 27.1 Å². The van der Waals surface area contributed by atoms with Crippen LogP contribution in [0.2, 0.25) is 0 Å². The minimum Gasteiger partial charge on any atom is -0.435 e. The van der Waals surface area contributed by atoms with Crippen molar-refractivity contribution in [1.82, 2.24) is 0 Å². The molecule has 0 atom stereocenters. The third kappa shape index (κ3) is 5.21. The second-order valence-electron chi connectivity index (χ2n) is 2.90. The fourth-order valence-electron chi connectivity index (χ4n) is 0.927. The predicted octanol–water partition coefficient (Wildman–Crippen LogP) is 1.53. The van der Waals surface area contributed by atoms with E-state index in [1.54, 1.807) is 25.1 Å². The lowest BCUT2D eigenvalue weighted by Crippen LogP contribution is -2.19. The maximum absolute atomic E-state index is 11.4. The predicted molar refractivity (Wildman–Crippen MR) is 59.0 cm³/mol. The summed E-state index contributed by atoms with van der Waals surface area (Å²) in [7, 11) is -3.97. The molecule has 17 heavy (non-hydrogen) atoms. The van der Waals surface area contributed by atoms with E-state index in [0.717, 1.165) is 0 Å². The van der Waals surface area contributed by atoms with Crippen molar-refractivity contribution in [1.29, 1.82) is 0 Å². The van der Waals surface area contributed by atoms with E-state index < -0.39 is 22.2 Å². The molecular weight excluding hydrogens is 248 g/mol. The minimum absolute atomic E-state index is 0.110. The van der Waals surface area contributed by atoms with Gasteiger partial charge >= 0.3 is 16.3 Å². The minimum atomic E-state index is -3.97. The largest absolute Gasteiger partial charge is 0.509 e. The molecule has 1 aromatic carbocycles. The molecule has 0 aliphatic heterocycles. The maximum Gasteiger partial charge on any atom is 0.509 e. The smallest absolute Gasteiger partial charge is 0.435 e. The summed E-state index contributed by atoms with van der Waals surface area (Å²) in [5.41, 5.74) is 0. The standard InChI is InChI=1S/C10H12O6S/c1-2-14-10(11)15-8-17(12,13)16-9-6-4-3-5-7-9/h3-7H,2,8H2,1H3. The summed E-state index contributed by atoms with van der Waals surface area (Å²) in [5.74, 6) is -0.735. The van der Waals surface area contributed by atoms with E-state index >= 15 is 0 Å². The first-order chi connectivity index (χ1) is 8.03. The van der Waals surface area contributed by atoms with Gasteiger partial charge in [0.25, 0.3) is 0 Å². The van der Waals surface area contributed by atoms with Crippen molar-refractivity contribution in [3.8, 4) is 5.75 Å². The van der Waals surface area contributed by atoms with Crippen molar-refractivity contribution in [2.24, 2.45) is 0 Å². The lowest BCUT2D eigenvalue weighted by atomic mass is 10.3. The van der Waals surface area contributed by atoms with Gasteiger partial charge in [-0.15, -0.1) is 0 Å². The Balaban J connectivity index is 2.50. The maximum atomic E-state index is 11.4. The molecule has 0 radical (unpaired) electrons. The first-order valence-corrected chi connectivity index (χ1v) is 6.38. The first-order valence-electron chi connectivity index (χ1n) is 4.80. The lowest BCUT2D eigenvalue weighted by Gasteiger charge is -2.07. The Bertz CT molecular complexity index is 453. The monoisotopic (exact) mass is 260 g/mol. The fraction of sp³-hybridized carbons (Fsp3) is 0.300. The Morgan fingerprint density at radius 2 is 1.82 bits per heavy atom. The van der Waals surface area contributed by atoms with E-state index in [1.165, 1.54) is 12.1 Å². The quantitative estimate of drug-likeness (QED) is 0.590. The average molecular weight is 260 g/mol. The van der Waals surface area contributed by atoms with Crippen LogP contribution >= 0.6 is 0 Å². The molecule has 0 bridgehead atoms. The van der Waals surface area contributed by atoms with Crippen molar-refractivity contribution in [3.63, 3.8) is 0 Å². The van der Waals surface area contributed by atoms with Gasteiger partial charge in [0.2, 0.25) is 5.94 Å². The zero-order valence-electron chi connectivity index (χ0n) is 9.16. The molecule has 0 aromatic heterocycles. The lowest BCUT2D eigenvalue weighted by molar-refractivity contribution is 0.0703. The number of rotatable bonds is 5. The summed E-state index contributed by atoms with van der Waals surface area (Å²) >= 11 is 0. The molecule has 1 rings (SSSR count). The summed E-state index contributed by atoms with van der Waals surface area (Å²) < 4.78 is 36.1. The Morgan fingerprint density at radius 1 is 1.18 bits per heavy atom. The third-order valence-corrected chi connectivity index (χ3v) is 2.40. The van der Waals surface area contributed by atoms with Crippen LogP contribution in [0.25, 0.3) is 0 Å². The molecule has 0 aliphatic carbocycles. The number of para-hydroxylation sites is 1. The number of hydrogen-bond donors (Lipinski definition) is 0. The first kappa shape index (κ1) is 13.3. The van der Waals surface area contributed by atoms with Crippen LogP contribution in [0, 0.1) is 0 Å². The van der Waals surface area contributed by atoms with Gasteiger partial charge in [-0.3, -0.25) is 0 Å². The fourth-order valence-corrected chi connectivity index (χ4v) is 1.62. The van der Waals surface area contributed by atoms with Gasteiger partial charge in [-0.2, -0.15) is 8.42 Å². The molecule has 0 unspecified atom stereocenters. The van der Waals surface area contributed by atoms with E-state index in [0.29, 0.717) is 0 Å². The third-order valence-electron chi connectivity index (χ3n) is 1.55. The zero-order valence-corrected chi connectivity index (χ0v) is 9.98. The number of ether oxygens (including phenoxy) is 2. The molecule has 6 nitrogen and oxygen atoms in total. The van der Waals surface area contributed by atoms with E-state index in [4.69, 9.17) is 0 Å². The van der Waals surface area contributed by atoms with Crippen LogP contribution in [0.5, 0.6) is 5.75 Å². The molecule has 0 fully saturated rings. The molecule has 0 saturated carbocycles. The molecule has 0 spiro atoms. The summed E-state index contributed by atoms with van der Waals surface area (Å²) in [5, 5.41) is 0. The van der Waals surface area contributed by atoms with Gasteiger partial charge in [0.15, 0.2) is 0 Å². The summed E-state index contributed by atoms with van der Waals surface area (Å²) in [6.45, 7) is 1.69. The average Bonchev–Trinajstić information content (AvgIpc) is 2.28. The van der Waals surface area contributed by atoms with E-state index in [2.05, 4.69) is 13.7 Å². The number of carbonyl (C=O) groups excluding carboxylic acids is 1. The van der Waals surface area contributed by atoms with Gasteiger partial charge in [0.05, 0.1) is 6.61 Å². The molecule has 7 heteroatoms. The summed E-state index contributed by atoms with van der Waals surface area (Å²) in [6.07, 6.45) is -1.05. The summed E-state index contributed by atoms with van der Waals surface area (Å²) in [6, 6.07) is 7.91. The van der Waals surface area contributed by atoms with Crippen LogP contribution < -0.4 is 4.18 Å². The normalized spacial score (nSPS) is 10.6. The molecule has 0 aliphatic rings. The SMILES string of the molecule is CCOC(=O)OCS(=O)(=O)Oc1ccccc1. The van der Waals surface area contributed by atoms with Crippen molar-refractivity contribution in [2.75, 3.05) is 12.5 Å². The highest BCUT2D eigenvalue weighted by Crippen LogP contribution is 2.11. The van der Waals surface area contributed by atoms with Crippen LogP contribution in [0.15, 0.2) is 30.3 Å². The van der Waals surface area contributed by atoms with Gasteiger partial charge in [-0.1, -0.05) is 18.2 Å². The Labute approximate surface area is 99.2 Å². The molecule has 0 amide bonds. The highest BCUT2D eigenvalue weighted by molar-refractivity contribution is 7.86. The Morgan fingerprint density at radius 3 is 2.41 bits per heavy atom. The number of carbonyl (C=O) groups is 1. The summed E-state index contributed by atoms with van der Waals surface area (Å²) in [4.78, 5) is 10.8. The van der Waals surface area contributed by atoms with E-state index in [-0.39, 0.29) is 12.4 Å². The highest BCUT2D eigenvalue weighted by Gasteiger charge is 2.16. The van der Waals surface area contributed by atoms with Crippen molar-refractivity contribution in [2.45, 2.75) is 6.92 Å². The van der Waals surface area contributed by atoms with E-state index in [9.17, 15) is 13.2 Å².